The summed E-state index contributed by atoms with van der Waals surface area (Å²) >= 11 is 1.40. The Hall–Kier alpha value is -3.76. The van der Waals surface area contributed by atoms with Crippen molar-refractivity contribution in [2.45, 2.75) is 17.8 Å². The molecular weight excluding hydrogens is 378 g/mol. The lowest BCUT2D eigenvalue weighted by Gasteiger charge is -2.13. The maximum absolute atomic E-state index is 12.1. The van der Waals surface area contributed by atoms with Crippen molar-refractivity contribution in [3.63, 3.8) is 0 Å². The number of nitrogens with one attached hydrogen (secondary N) is 2. The van der Waals surface area contributed by atoms with E-state index in [4.69, 9.17) is 10.5 Å². The summed E-state index contributed by atoms with van der Waals surface area (Å²) in [6, 6.07) is 8.99. The SMILES string of the molecule is COc1ccc(-c2c(C#N)c(N)[nH]c(=O)c2C#N)cc1CSc1n[nH]c(C)n1. The van der Waals surface area contributed by atoms with Crippen LogP contribution < -0.4 is 16.0 Å². The molecule has 140 valence electrons. The van der Waals surface area contributed by atoms with Gasteiger partial charge in [0.1, 0.15) is 40.7 Å². The molecule has 0 spiro atoms. The van der Waals surface area contributed by atoms with Crippen molar-refractivity contribution in [1.29, 1.82) is 10.5 Å². The Balaban J connectivity index is 2.11. The highest BCUT2D eigenvalue weighted by Crippen LogP contribution is 2.34. The molecule has 0 aliphatic rings. The van der Waals surface area contributed by atoms with Gasteiger partial charge in [-0.2, -0.15) is 10.5 Å². The number of pyridine rings is 1. The van der Waals surface area contributed by atoms with Crippen LogP contribution in [-0.2, 0) is 5.75 Å². The second-order valence-electron chi connectivity index (χ2n) is 5.74. The van der Waals surface area contributed by atoms with Crippen molar-refractivity contribution in [3.05, 3.63) is 51.1 Å². The van der Waals surface area contributed by atoms with E-state index in [0.717, 1.165) is 5.56 Å². The van der Waals surface area contributed by atoms with E-state index in [1.54, 1.807) is 25.3 Å². The monoisotopic (exact) mass is 393 g/mol. The number of hydrogen-bond acceptors (Lipinski definition) is 8. The lowest BCUT2D eigenvalue weighted by Crippen LogP contribution is -2.16. The first-order chi connectivity index (χ1) is 13.5. The summed E-state index contributed by atoms with van der Waals surface area (Å²) in [6.07, 6.45) is 0. The average molecular weight is 393 g/mol. The maximum Gasteiger partial charge on any atom is 0.268 e. The van der Waals surface area contributed by atoms with Gasteiger partial charge in [0.25, 0.3) is 5.56 Å². The van der Waals surface area contributed by atoms with Crippen molar-refractivity contribution >= 4 is 17.6 Å². The van der Waals surface area contributed by atoms with Gasteiger partial charge in [-0.3, -0.25) is 9.89 Å². The Morgan fingerprint density at radius 1 is 1.29 bits per heavy atom. The first-order valence-corrected chi connectivity index (χ1v) is 9.02. The third-order valence-electron chi connectivity index (χ3n) is 3.97. The number of benzene rings is 1. The summed E-state index contributed by atoms with van der Waals surface area (Å²) < 4.78 is 5.41. The summed E-state index contributed by atoms with van der Waals surface area (Å²) in [7, 11) is 1.55. The molecular formula is C18H15N7O2S. The fraction of sp³-hybridized carbons (Fsp3) is 0.167. The van der Waals surface area contributed by atoms with Crippen molar-refractivity contribution in [3.8, 4) is 29.0 Å². The van der Waals surface area contributed by atoms with E-state index < -0.39 is 5.56 Å². The van der Waals surface area contributed by atoms with Crippen LogP contribution in [0, 0.1) is 29.6 Å². The van der Waals surface area contributed by atoms with Gasteiger partial charge in [0.05, 0.1) is 7.11 Å². The van der Waals surface area contributed by atoms with Crippen LogP contribution in [0.25, 0.3) is 11.1 Å². The Labute approximate surface area is 164 Å². The zero-order valence-electron chi connectivity index (χ0n) is 15.0. The van der Waals surface area contributed by atoms with Crippen LogP contribution in [0.4, 0.5) is 5.82 Å². The number of H-pyrrole nitrogens is 2. The van der Waals surface area contributed by atoms with Gasteiger partial charge in [0.2, 0.25) is 5.16 Å². The lowest BCUT2D eigenvalue weighted by atomic mass is 9.95. The number of aromatic nitrogens is 4. The van der Waals surface area contributed by atoms with Crippen molar-refractivity contribution in [2.75, 3.05) is 12.8 Å². The van der Waals surface area contributed by atoms with Gasteiger partial charge >= 0.3 is 0 Å². The number of nitrogen functional groups attached to an aromatic ring is 1. The molecule has 0 atom stereocenters. The topological polar surface area (TPSA) is 157 Å². The highest BCUT2D eigenvalue weighted by Gasteiger charge is 2.19. The zero-order valence-corrected chi connectivity index (χ0v) is 15.8. The van der Waals surface area contributed by atoms with E-state index in [1.165, 1.54) is 11.8 Å². The van der Waals surface area contributed by atoms with Crippen LogP contribution in [0.2, 0.25) is 0 Å². The molecule has 0 saturated carbocycles. The van der Waals surface area contributed by atoms with E-state index in [2.05, 4.69) is 20.2 Å². The fourth-order valence-corrected chi connectivity index (χ4v) is 3.53. The molecule has 0 saturated heterocycles. The first-order valence-electron chi connectivity index (χ1n) is 8.03. The number of anilines is 1. The minimum Gasteiger partial charge on any atom is -0.496 e. The number of aryl methyl sites for hydroxylation is 1. The summed E-state index contributed by atoms with van der Waals surface area (Å²) in [4.78, 5) is 18.7. The van der Waals surface area contributed by atoms with Crippen LogP contribution in [0.3, 0.4) is 0 Å². The molecule has 3 rings (SSSR count). The zero-order chi connectivity index (χ0) is 20.3. The predicted octanol–water partition coefficient (Wildman–Crippen LogP) is 2.09. The lowest BCUT2D eigenvalue weighted by molar-refractivity contribution is 0.411. The molecule has 0 fully saturated rings. The maximum atomic E-state index is 12.1. The molecule has 3 aromatic rings. The summed E-state index contributed by atoms with van der Waals surface area (Å²) in [5.41, 5.74) is 6.54. The molecule has 10 heteroatoms. The van der Waals surface area contributed by atoms with Gasteiger partial charge in [-0.25, -0.2) is 4.98 Å². The number of nitriles is 2. The molecule has 0 radical (unpaired) electrons. The normalized spacial score (nSPS) is 10.3. The molecule has 1 aromatic carbocycles. The van der Waals surface area contributed by atoms with Gasteiger partial charge in [0, 0.05) is 16.9 Å². The van der Waals surface area contributed by atoms with Crippen LogP contribution in [0.5, 0.6) is 5.75 Å². The molecule has 28 heavy (non-hydrogen) atoms. The van der Waals surface area contributed by atoms with Gasteiger partial charge in [-0.15, -0.1) is 5.10 Å². The summed E-state index contributed by atoms with van der Waals surface area (Å²) in [6.45, 7) is 1.81. The first kappa shape index (κ1) is 19.0. The molecule has 9 nitrogen and oxygen atoms in total. The molecule has 0 amide bonds. The fourth-order valence-electron chi connectivity index (χ4n) is 2.71. The van der Waals surface area contributed by atoms with E-state index >= 15 is 0 Å². The highest BCUT2D eigenvalue weighted by molar-refractivity contribution is 7.98. The minimum absolute atomic E-state index is 0.0458. The molecule has 0 aliphatic heterocycles. The molecule has 0 unspecified atom stereocenters. The average Bonchev–Trinajstić information content (AvgIpc) is 3.10. The molecule has 2 heterocycles. The predicted molar refractivity (Wildman–Crippen MR) is 104 cm³/mol. The van der Waals surface area contributed by atoms with Crippen molar-refractivity contribution < 1.29 is 4.74 Å². The third kappa shape index (κ3) is 3.54. The van der Waals surface area contributed by atoms with Gasteiger partial charge in [-0.05, 0) is 24.6 Å². The second kappa shape index (κ2) is 7.86. The molecule has 0 bridgehead atoms. The van der Waals surface area contributed by atoms with Crippen LogP contribution in [0.15, 0.2) is 28.2 Å². The van der Waals surface area contributed by atoms with E-state index in [-0.39, 0.29) is 22.5 Å². The number of ether oxygens (including phenoxy) is 1. The van der Waals surface area contributed by atoms with E-state index in [0.29, 0.717) is 28.0 Å². The van der Waals surface area contributed by atoms with Crippen LogP contribution >= 0.6 is 11.8 Å². The number of aromatic amines is 2. The molecule has 4 N–H and O–H groups in total. The van der Waals surface area contributed by atoms with Crippen LogP contribution in [-0.4, -0.2) is 27.3 Å². The number of rotatable bonds is 5. The summed E-state index contributed by atoms with van der Waals surface area (Å²) in [5.74, 6) is 1.74. The molecule has 2 aromatic heterocycles. The van der Waals surface area contributed by atoms with Gasteiger partial charge < -0.3 is 15.5 Å². The van der Waals surface area contributed by atoms with Crippen molar-refractivity contribution in [1.82, 2.24) is 20.2 Å². The number of methoxy groups -OCH3 is 1. The number of thioether (sulfide) groups is 1. The second-order valence-corrected chi connectivity index (χ2v) is 6.68. The summed E-state index contributed by atoms with van der Waals surface area (Å²) in [5, 5.41) is 26.4. The minimum atomic E-state index is -0.642. The van der Waals surface area contributed by atoms with Gasteiger partial charge in [-0.1, -0.05) is 17.8 Å². The Kier molecular flexibility index (Phi) is 5.34. The Morgan fingerprint density at radius 3 is 2.64 bits per heavy atom. The number of nitrogens with two attached hydrogens (primary N) is 1. The largest absolute Gasteiger partial charge is 0.496 e. The standard InChI is InChI=1S/C18H15N7O2S/c1-9-22-18(25-24-9)28-8-11-5-10(3-4-14(11)27-2)15-12(6-19)16(21)23-17(26)13(15)7-20/h3-5H,8H2,1-2H3,(H3,21,23,26)(H,22,24,25). The van der Waals surface area contributed by atoms with Crippen molar-refractivity contribution in [2.24, 2.45) is 0 Å². The Bertz CT molecular complexity index is 1180. The third-order valence-corrected chi connectivity index (χ3v) is 4.87. The highest BCUT2D eigenvalue weighted by atomic mass is 32.2. The number of hydrogen-bond donors (Lipinski definition) is 3. The smallest absolute Gasteiger partial charge is 0.268 e. The van der Waals surface area contributed by atoms with E-state index in [9.17, 15) is 15.3 Å². The van der Waals surface area contributed by atoms with E-state index in [1.807, 2.05) is 19.1 Å². The quantitative estimate of drug-likeness (QED) is 0.556. The Morgan fingerprint density at radius 2 is 2.04 bits per heavy atom. The van der Waals surface area contributed by atoms with Gasteiger partial charge in [0.15, 0.2) is 0 Å². The van der Waals surface area contributed by atoms with Crippen LogP contribution in [0.1, 0.15) is 22.5 Å². The number of nitrogens with zero attached hydrogens (tertiary/aromatic N) is 4. The molecule has 0 aliphatic carbocycles.